The predicted octanol–water partition coefficient (Wildman–Crippen LogP) is 3.09. The predicted molar refractivity (Wildman–Crippen MR) is 58.6 cm³/mol. The summed E-state index contributed by atoms with van der Waals surface area (Å²) in [5.74, 6) is -3.50. The van der Waals surface area contributed by atoms with Crippen LogP contribution in [-0.2, 0) is 5.54 Å². The van der Waals surface area contributed by atoms with Crippen LogP contribution in [0.1, 0.15) is 18.9 Å². The molecule has 1 aliphatic rings. The van der Waals surface area contributed by atoms with Gasteiger partial charge in [-0.3, -0.25) is 0 Å². The number of nitrogens with one attached hydrogen (secondary N) is 1. The molecule has 0 radical (unpaired) electrons. The van der Waals surface area contributed by atoms with E-state index < -0.39 is 17.3 Å². The van der Waals surface area contributed by atoms with E-state index in [1.165, 1.54) is 25.1 Å². The van der Waals surface area contributed by atoms with E-state index in [4.69, 9.17) is 0 Å². The van der Waals surface area contributed by atoms with Crippen molar-refractivity contribution in [2.24, 2.45) is 0 Å². The molecular formula is C11H13ClF3N. The first-order valence-corrected chi connectivity index (χ1v) is 4.85. The van der Waals surface area contributed by atoms with Crippen LogP contribution in [0.4, 0.5) is 13.2 Å². The third-order valence-corrected chi connectivity index (χ3v) is 3.06. The van der Waals surface area contributed by atoms with Gasteiger partial charge in [-0.1, -0.05) is 18.2 Å². The van der Waals surface area contributed by atoms with Crippen molar-refractivity contribution in [2.45, 2.75) is 24.8 Å². The molecule has 2 rings (SSSR count). The Kier molecular flexibility index (Phi) is 3.55. The molecule has 1 atom stereocenters. The van der Waals surface area contributed by atoms with Gasteiger partial charge in [0.15, 0.2) is 0 Å². The Morgan fingerprint density at radius 1 is 1.25 bits per heavy atom. The van der Waals surface area contributed by atoms with Gasteiger partial charge < -0.3 is 5.32 Å². The van der Waals surface area contributed by atoms with E-state index in [0.29, 0.717) is 0 Å². The van der Waals surface area contributed by atoms with Crippen molar-refractivity contribution in [1.29, 1.82) is 0 Å². The lowest BCUT2D eigenvalue weighted by Gasteiger charge is -2.31. The van der Waals surface area contributed by atoms with Crippen molar-refractivity contribution < 1.29 is 13.2 Å². The van der Waals surface area contributed by atoms with E-state index in [-0.39, 0.29) is 30.9 Å². The van der Waals surface area contributed by atoms with Crippen LogP contribution in [0, 0.1) is 5.82 Å². The van der Waals surface area contributed by atoms with Crippen LogP contribution in [-0.4, -0.2) is 12.5 Å². The molecule has 0 amide bonds. The Bertz CT molecular complexity index is 383. The summed E-state index contributed by atoms with van der Waals surface area (Å²) in [7, 11) is 0. The third kappa shape index (κ3) is 1.80. The first kappa shape index (κ1) is 13.3. The summed E-state index contributed by atoms with van der Waals surface area (Å²) in [5.41, 5.74) is -1.55. The van der Waals surface area contributed by atoms with Crippen LogP contribution in [0.15, 0.2) is 24.3 Å². The summed E-state index contributed by atoms with van der Waals surface area (Å²) in [6, 6.07) is 5.67. The lowest BCUT2D eigenvalue weighted by atomic mass is 9.87. The van der Waals surface area contributed by atoms with Crippen molar-refractivity contribution in [3.8, 4) is 0 Å². The minimum atomic E-state index is -2.91. The molecule has 1 nitrogen and oxygen atoms in total. The van der Waals surface area contributed by atoms with Gasteiger partial charge >= 0.3 is 0 Å². The van der Waals surface area contributed by atoms with Crippen molar-refractivity contribution in [3.63, 3.8) is 0 Å². The molecule has 1 aliphatic heterocycles. The normalized spacial score (nSPS) is 27.5. The fourth-order valence-electron chi connectivity index (χ4n) is 2.01. The van der Waals surface area contributed by atoms with E-state index in [0.717, 1.165) is 0 Å². The average Bonchev–Trinajstić information content (AvgIpc) is 2.43. The Morgan fingerprint density at radius 2 is 1.88 bits per heavy atom. The largest absolute Gasteiger partial charge is 0.302 e. The van der Waals surface area contributed by atoms with Gasteiger partial charge in [-0.2, -0.15) is 0 Å². The van der Waals surface area contributed by atoms with Gasteiger partial charge in [-0.25, -0.2) is 13.2 Å². The van der Waals surface area contributed by atoms with Crippen molar-refractivity contribution >= 4 is 12.4 Å². The van der Waals surface area contributed by atoms with E-state index >= 15 is 0 Å². The second kappa shape index (κ2) is 4.26. The maximum absolute atomic E-state index is 13.6. The van der Waals surface area contributed by atoms with Crippen LogP contribution in [0.5, 0.6) is 0 Å². The molecule has 1 N–H and O–H groups in total. The van der Waals surface area contributed by atoms with Crippen LogP contribution in [0.3, 0.4) is 0 Å². The fourth-order valence-corrected chi connectivity index (χ4v) is 2.01. The minimum absolute atomic E-state index is 0. The summed E-state index contributed by atoms with van der Waals surface area (Å²) in [6.07, 6.45) is -0.252. The number of halogens is 4. The van der Waals surface area contributed by atoms with Crippen molar-refractivity contribution in [2.75, 3.05) is 6.54 Å². The standard InChI is InChI=1S/C11H12F3N.ClH/c1-10(11(13,14)6-7-15-10)8-4-2-3-5-9(8)12;/h2-5,15H,6-7H2,1H3;1H. The molecule has 1 fully saturated rings. The zero-order chi connectivity index (χ0) is 11.1. The number of benzene rings is 1. The van der Waals surface area contributed by atoms with Crippen LogP contribution in [0.25, 0.3) is 0 Å². The molecule has 1 saturated heterocycles. The highest BCUT2D eigenvalue weighted by Gasteiger charge is 2.55. The first-order chi connectivity index (χ1) is 6.97. The Morgan fingerprint density at radius 3 is 2.38 bits per heavy atom. The van der Waals surface area contributed by atoms with Crippen LogP contribution < -0.4 is 5.32 Å². The molecule has 16 heavy (non-hydrogen) atoms. The smallest absolute Gasteiger partial charge is 0.271 e. The Balaban J connectivity index is 0.00000128. The summed E-state index contributed by atoms with van der Waals surface area (Å²) in [4.78, 5) is 0. The molecule has 1 unspecified atom stereocenters. The molecule has 90 valence electrons. The second-order valence-electron chi connectivity index (χ2n) is 3.99. The summed E-state index contributed by atoms with van der Waals surface area (Å²) in [5, 5.41) is 2.69. The van der Waals surface area contributed by atoms with Gasteiger partial charge in [0, 0.05) is 18.5 Å². The molecule has 1 heterocycles. The summed E-state index contributed by atoms with van der Waals surface area (Å²) >= 11 is 0. The van der Waals surface area contributed by atoms with Gasteiger partial charge in [0.25, 0.3) is 5.92 Å². The summed E-state index contributed by atoms with van der Waals surface area (Å²) in [6.45, 7) is 1.55. The van der Waals surface area contributed by atoms with Gasteiger partial charge in [0.05, 0.1) is 0 Å². The molecular weight excluding hydrogens is 239 g/mol. The zero-order valence-electron chi connectivity index (χ0n) is 8.77. The van der Waals surface area contributed by atoms with Crippen LogP contribution in [0.2, 0.25) is 0 Å². The number of rotatable bonds is 1. The molecule has 0 aromatic heterocycles. The maximum Gasteiger partial charge on any atom is 0.271 e. The third-order valence-electron chi connectivity index (χ3n) is 3.06. The maximum atomic E-state index is 13.6. The zero-order valence-corrected chi connectivity index (χ0v) is 9.58. The summed E-state index contributed by atoms with van der Waals surface area (Å²) < 4.78 is 40.7. The van der Waals surface area contributed by atoms with Gasteiger partial charge in [-0.15, -0.1) is 12.4 Å². The first-order valence-electron chi connectivity index (χ1n) is 4.85. The van der Waals surface area contributed by atoms with Gasteiger partial charge in [0.1, 0.15) is 11.4 Å². The quantitative estimate of drug-likeness (QED) is 0.809. The molecule has 0 spiro atoms. The van der Waals surface area contributed by atoms with Gasteiger partial charge in [-0.05, 0) is 13.0 Å². The molecule has 0 saturated carbocycles. The Hall–Kier alpha value is -0.740. The molecule has 0 aliphatic carbocycles. The van der Waals surface area contributed by atoms with Crippen LogP contribution >= 0.6 is 12.4 Å². The highest BCUT2D eigenvalue weighted by Crippen LogP contribution is 2.44. The van der Waals surface area contributed by atoms with E-state index in [1.807, 2.05) is 0 Å². The topological polar surface area (TPSA) is 12.0 Å². The highest BCUT2D eigenvalue weighted by atomic mass is 35.5. The molecule has 1 aromatic rings. The number of hydrogen-bond acceptors (Lipinski definition) is 1. The highest BCUT2D eigenvalue weighted by molar-refractivity contribution is 5.85. The SMILES string of the molecule is CC1(c2ccccc2F)NCCC1(F)F.Cl. The number of hydrogen-bond donors (Lipinski definition) is 1. The minimum Gasteiger partial charge on any atom is -0.302 e. The molecule has 0 bridgehead atoms. The molecule has 1 aromatic carbocycles. The Labute approximate surface area is 98.4 Å². The molecule has 5 heteroatoms. The lowest BCUT2D eigenvalue weighted by molar-refractivity contribution is -0.0572. The van der Waals surface area contributed by atoms with Crippen molar-refractivity contribution in [1.82, 2.24) is 5.32 Å². The van der Waals surface area contributed by atoms with E-state index in [1.54, 1.807) is 6.07 Å². The monoisotopic (exact) mass is 251 g/mol. The lowest BCUT2D eigenvalue weighted by Crippen LogP contribution is -2.46. The second-order valence-corrected chi connectivity index (χ2v) is 3.99. The van der Waals surface area contributed by atoms with Crippen molar-refractivity contribution in [3.05, 3.63) is 35.6 Å². The van der Waals surface area contributed by atoms with E-state index in [2.05, 4.69) is 5.32 Å². The number of alkyl halides is 2. The average molecular weight is 252 g/mol. The van der Waals surface area contributed by atoms with Gasteiger partial charge in [0.2, 0.25) is 0 Å². The van der Waals surface area contributed by atoms with E-state index in [9.17, 15) is 13.2 Å². The fraction of sp³-hybridized carbons (Fsp3) is 0.455.